The molecule has 3 aliphatic rings. The van der Waals surface area contributed by atoms with Crippen molar-refractivity contribution in [1.82, 2.24) is 19.7 Å². The van der Waals surface area contributed by atoms with E-state index in [0.29, 0.717) is 12.5 Å². The first-order valence-electron chi connectivity index (χ1n) is 11.1. The molecule has 0 bridgehead atoms. The van der Waals surface area contributed by atoms with Crippen LogP contribution in [0.5, 0.6) is 0 Å². The molecule has 3 heterocycles. The first-order valence-corrected chi connectivity index (χ1v) is 11.9. The lowest BCUT2D eigenvalue weighted by Crippen LogP contribution is -2.55. The zero-order chi connectivity index (χ0) is 19.6. The minimum absolute atomic E-state index is 0.310. The molecule has 1 aliphatic carbocycles. The number of rotatable bonds is 4. The molecule has 7 heteroatoms. The summed E-state index contributed by atoms with van der Waals surface area (Å²) in [7, 11) is 0. The van der Waals surface area contributed by atoms with Gasteiger partial charge in [0.15, 0.2) is 5.13 Å². The third-order valence-corrected chi connectivity index (χ3v) is 7.89. The quantitative estimate of drug-likeness (QED) is 0.771. The van der Waals surface area contributed by atoms with E-state index < -0.39 is 0 Å². The van der Waals surface area contributed by atoms with Gasteiger partial charge in [-0.3, -0.25) is 14.6 Å². The van der Waals surface area contributed by atoms with Gasteiger partial charge in [0.25, 0.3) is 0 Å². The Labute approximate surface area is 177 Å². The van der Waals surface area contributed by atoms with Crippen LogP contribution in [0.1, 0.15) is 25.7 Å². The number of amides is 1. The van der Waals surface area contributed by atoms with Gasteiger partial charge in [-0.1, -0.05) is 36.3 Å². The molecule has 2 saturated heterocycles. The third kappa shape index (κ3) is 4.27. The zero-order valence-corrected chi connectivity index (χ0v) is 17.9. The van der Waals surface area contributed by atoms with E-state index in [0.717, 1.165) is 69.0 Å². The number of anilines is 1. The fourth-order valence-electron chi connectivity index (χ4n) is 4.99. The molecule has 2 aliphatic heterocycles. The minimum Gasteiger partial charge on any atom is -0.345 e. The van der Waals surface area contributed by atoms with Gasteiger partial charge >= 0.3 is 0 Å². The molecule has 1 aromatic heterocycles. The summed E-state index contributed by atoms with van der Waals surface area (Å²) in [6.07, 6.45) is 5.47. The van der Waals surface area contributed by atoms with E-state index >= 15 is 0 Å². The van der Waals surface area contributed by atoms with Crippen molar-refractivity contribution >= 4 is 32.6 Å². The van der Waals surface area contributed by atoms with Crippen molar-refractivity contribution in [2.75, 3.05) is 63.8 Å². The van der Waals surface area contributed by atoms with Crippen LogP contribution < -0.4 is 4.90 Å². The maximum atomic E-state index is 12.8. The summed E-state index contributed by atoms with van der Waals surface area (Å²) in [6, 6.07) is 9.11. The Morgan fingerprint density at radius 3 is 2.41 bits per heavy atom. The van der Waals surface area contributed by atoms with Crippen LogP contribution in [0.25, 0.3) is 10.2 Å². The van der Waals surface area contributed by atoms with Gasteiger partial charge in [0.05, 0.1) is 16.8 Å². The maximum absolute atomic E-state index is 12.8. The summed E-state index contributed by atoms with van der Waals surface area (Å²) < 4.78 is 1.25. The van der Waals surface area contributed by atoms with Gasteiger partial charge in [-0.25, -0.2) is 4.98 Å². The van der Waals surface area contributed by atoms with Gasteiger partial charge in [0.1, 0.15) is 0 Å². The van der Waals surface area contributed by atoms with E-state index in [9.17, 15) is 4.79 Å². The molecular formula is C22H31N5OS. The van der Waals surface area contributed by atoms with Crippen LogP contribution >= 0.6 is 11.3 Å². The highest BCUT2D eigenvalue weighted by Gasteiger charge is 2.29. The summed E-state index contributed by atoms with van der Waals surface area (Å²) in [5.74, 6) is 0.310. The standard InChI is InChI=1S/C22H31N5OS/c28-21(26-15-13-25(14-16-26)18-5-1-2-6-18)17-24-9-11-27(12-10-24)22-23-19-7-3-4-8-20(19)29-22/h3-4,7-8,18H,1-2,5-6,9-17H2. The molecule has 0 atom stereocenters. The van der Waals surface area contributed by atoms with Gasteiger partial charge in [-0.2, -0.15) is 0 Å². The minimum atomic E-state index is 0.310. The van der Waals surface area contributed by atoms with Crippen LogP contribution in [0.2, 0.25) is 0 Å². The molecule has 0 unspecified atom stereocenters. The first-order chi connectivity index (χ1) is 14.3. The van der Waals surface area contributed by atoms with E-state index in [2.05, 4.69) is 37.8 Å². The normalized spacial score (nSPS) is 22.6. The predicted octanol–water partition coefficient (Wildman–Crippen LogP) is 2.51. The second-order valence-corrected chi connectivity index (χ2v) is 9.59. The molecule has 0 N–H and O–H groups in total. The maximum Gasteiger partial charge on any atom is 0.236 e. The summed E-state index contributed by atoms with van der Waals surface area (Å²) in [5, 5.41) is 1.11. The molecule has 1 amide bonds. The highest BCUT2D eigenvalue weighted by molar-refractivity contribution is 7.22. The number of fused-ring (bicyclic) bond motifs is 1. The highest BCUT2D eigenvalue weighted by Crippen LogP contribution is 2.29. The number of piperazine rings is 2. The Balaban J connectivity index is 1.09. The molecule has 1 saturated carbocycles. The van der Waals surface area contributed by atoms with Gasteiger partial charge in [-0.05, 0) is 25.0 Å². The Kier molecular flexibility index (Phi) is 5.70. The largest absolute Gasteiger partial charge is 0.345 e. The molecule has 2 aromatic rings. The zero-order valence-electron chi connectivity index (χ0n) is 17.1. The van der Waals surface area contributed by atoms with E-state index in [1.54, 1.807) is 11.3 Å². The summed E-state index contributed by atoms with van der Waals surface area (Å²) in [6.45, 7) is 8.25. The Hall–Kier alpha value is -1.70. The van der Waals surface area contributed by atoms with Crippen molar-refractivity contribution in [3.8, 4) is 0 Å². The van der Waals surface area contributed by atoms with E-state index in [1.807, 2.05) is 6.07 Å². The van der Waals surface area contributed by atoms with Gasteiger partial charge in [0.2, 0.25) is 5.91 Å². The molecular weight excluding hydrogens is 382 g/mol. The van der Waals surface area contributed by atoms with Crippen LogP contribution in [0.15, 0.2) is 24.3 Å². The summed E-state index contributed by atoms with van der Waals surface area (Å²) in [4.78, 5) is 27.0. The number of hydrogen-bond acceptors (Lipinski definition) is 6. The molecule has 1 aromatic carbocycles. The van der Waals surface area contributed by atoms with Crippen molar-refractivity contribution in [3.05, 3.63) is 24.3 Å². The monoisotopic (exact) mass is 413 g/mol. The second kappa shape index (κ2) is 8.58. The van der Waals surface area contributed by atoms with E-state index in [4.69, 9.17) is 4.98 Å². The number of carbonyl (C=O) groups is 1. The van der Waals surface area contributed by atoms with Crippen LogP contribution in [-0.4, -0.2) is 90.5 Å². The van der Waals surface area contributed by atoms with E-state index in [-0.39, 0.29) is 0 Å². The Bertz CT molecular complexity index is 800. The number of carbonyl (C=O) groups excluding carboxylic acids is 1. The first kappa shape index (κ1) is 19.3. The van der Waals surface area contributed by atoms with Crippen LogP contribution in [0.3, 0.4) is 0 Å². The van der Waals surface area contributed by atoms with Crippen LogP contribution in [0, 0.1) is 0 Å². The molecule has 5 rings (SSSR count). The van der Waals surface area contributed by atoms with Crippen molar-refractivity contribution in [3.63, 3.8) is 0 Å². The number of para-hydroxylation sites is 1. The topological polar surface area (TPSA) is 42.9 Å². The van der Waals surface area contributed by atoms with Crippen molar-refractivity contribution in [2.45, 2.75) is 31.7 Å². The average molecular weight is 414 g/mol. The second-order valence-electron chi connectivity index (χ2n) is 8.58. The van der Waals surface area contributed by atoms with Gasteiger partial charge < -0.3 is 9.80 Å². The summed E-state index contributed by atoms with van der Waals surface area (Å²) >= 11 is 1.77. The predicted molar refractivity (Wildman–Crippen MR) is 119 cm³/mol. The van der Waals surface area contributed by atoms with Gasteiger partial charge in [-0.15, -0.1) is 0 Å². The lowest BCUT2D eigenvalue weighted by Gasteiger charge is -2.39. The number of nitrogens with zero attached hydrogens (tertiary/aromatic N) is 5. The highest BCUT2D eigenvalue weighted by atomic mass is 32.1. The molecule has 0 radical (unpaired) electrons. The molecule has 0 spiro atoms. The van der Waals surface area contributed by atoms with Crippen molar-refractivity contribution in [1.29, 1.82) is 0 Å². The third-order valence-electron chi connectivity index (χ3n) is 6.79. The van der Waals surface area contributed by atoms with E-state index in [1.165, 1.54) is 30.4 Å². The number of benzene rings is 1. The lowest BCUT2D eigenvalue weighted by atomic mass is 10.2. The van der Waals surface area contributed by atoms with Crippen LogP contribution in [-0.2, 0) is 4.79 Å². The van der Waals surface area contributed by atoms with Crippen LogP contribution in [0.4, 0.5) is 5.13 Å². The molecule has 156 valence electrons. The molecule has 29 heavy (non-hydrogen) atoms. The smallest absolute Gasteiger partial charge is 0.236 e. The number of thiazole rings is 1. The van der Waals surface area contributed by atoms with Crippen molar-refractivity contribution < 1.29 is 4.79 Å². The average Bonchev–Trinajstić information content (AvgIpc) is 3.44. The molecule has 3 fully saturated rings. The Morgan fingerprint density at radius 2 is 1.69 bits per heavy atom. The van der Waals surface area contributed by atoms with Crippen molar-refractivity contribution in [2.24, 2.45) is 0 Å². The van der Waals surface area contributed by atoms with Gasteiger partial charge in [0, 0.05) is 58.4 Å². The Morgan fingerprint density at radius 1 is 0.966 bits per heavy atom. The lowest BCUT2D eigenvalue weighted by molar-refractivity contribution is -0.134. The number of hydrogen-bond donors (Lipinski definition) is 0. The number of aromatic nitrogens is 1. The molecule has 6 nitrogen and oxygen atoms in total. The SMILES string of the molecule is O=C(CN1CCN(c2nc3ccccc3s2)CC1)N1CCN(C2CCCC2)CC1. The summed E-state index contributed by atoms with van der Waals surface area (Å²) in [5.41, 5.74) is 1.09. The fourth-order valence-corrected chi connectivity index (χ4v) is 6.01. The fraction of sp³-hybridized carbons (Fsp3) is 0.636.